The summed E-state index contributed by atoms with van der Waals surface area (Å²) in [4.78, 5) is 61.8. The minimum absolute atomic E-state index is 0.0640. The fourth-order valence-corrected chi connectivity index (χ4v) is 4.92. The summed E-state index contributed by atoms with van der Waals surface area (Å²) in [5.74, 6) is -2.20. The first-order valence-corrected chi connectivity index (χ1v) is 12.9. The highest BCUT2D eigenvalue weighted by atomic mass is 19.1. The van der Waals surface area contributed by atoms with Crippen LogP contribution in [0.5, 0.6) is 0 Å². The summed E-state index contributed by atoms with van der Waals surface area (Å²) in [6.07, 6.45) is 6.07. The van der Waals surface area contributed by atoms with Crippen LogP contribution in [0.4, 0.5) is 8.78 Å². The maximum atomic E-state index is 14.0. The molecule has 214 valence electrons. The van der Waals surface area contributed by atoms with Crippen LogP contribution in [0.25, 0.3) is 10.9 Å². The van der Waals surface area contributed by atoms with E-state index in [1.807, 2.05) is 0 Å². The first-order valence-electron chi connectivity index (χ1n) is 12.9. The Morgan fingerprint density at radius 3 is 2.36 bits per heavy atom. The largest absolute Gasteiger partial charge is 0.370 e. The number of aromatic amines is 1. The molecule has 2 aliphatic rings. The van der Waals surface area contributed by atoms with Crippen molar-refractivity contribution in [2.45, 2.75) is 64.0 Å². The van der Waals surface area contributed by atoms with Crippen LogP contribution in [0.1, 0.15) is 62.4 Å². The molecule has 39 heavy (non-hydrogen) atoms. The minimum Gasteiger partial charge on any atom is -0.370 e. The molecule has 4 amide bonds. The van der Waals surface area contributed by atoms with Crippen molar-refractivity contribution in [1.82, 2.24) is 20.9 Å². The molecule has 6 N–H and O–H groups in total. The lowest BCUT2D eigenvalue weighted by molar-refractivity contribution is -0.128. The monoisotopic (exact) mass is 549 g/mol. The van der Waals surface area contributed by atoms with Gasteiger partial charge in [-0.1, -0.05) is 25.3 Å². The summed E-state index contributed by atoms with van der Waals surface area (Å²) in [5, 5.41) is 8.58. The number of aromatic nitrogens is 1. The number of hydrogen-bond donors (Lipinski definition) is 5. The summed E-state index contributed by atoms with van der Waals surface area (Å²) in [6, 6.07) is 4.35. The molecule has 2 aromatic rings. The van der Waals surface area contributed by atoms with E-state index in [1.54, 1.807) is 12.1 Å². The van der Waals surface area contributed by atoms with Crippen molar-refractivity contribution in [2.75, 3.05) is 13.7 Å². The number of halogens is 2. The van der Waals surface area contributed by atoms with E-state index in [1.165, 1.54) is 19.1 Å². The molecule has 1 aromatic heterocycles. The minimum atomic E-state index is -0.825. The van der Waals surface area contributed by atoms with Crippen LogP contribution in [0.3, 0.4) is 0 Å². The van der Waals surface area contributed by atoms with Crippen molar-refractivity contribution in [1.29, 1.82) is 0 Å². The van der Waals surface area contributed by atoms with Crippen LogP contribution in [-0.4, -0.2) is 60.7 Å². The van der Waals surface area contributed by atoms with E-state index >= 15 is 0 Å². The third-order valence-electron chi connectivity index (χ3n) is 6.74. The van der Waals surface area contributed by atoms with Crippen LogP contribution in [-0.2, 0) is 19.2 Å². The lowest BCUT2D eigenvalue weighted by Crippen LogP contribution is -2.54. The Kier molecular flexibility index (Phi) is 12.5. The van der Waals surface area contributed by atoms with E-state index in [0.717, 1.165) is 32.1 Å². The highest BCUT2D eigenvalue weighted by Crippen LogP contribution is 2.27. The molecule has 3 atom stereocenters. The number of hydrogen-bond acceptors (Lipinski definition) is 5. The third kappa shape index (κ3) is 9.15. The zero-order chi connectivity index (χ0) is 28.9. The van der Waals surface area contributed by atoms with Gasteiger partial charge in [0.25, 0.3) is 5.91 Å². The zero-order valence-corrected chi connectivity index (χ0v) is 22.2. The first kappa shape index (κ1) is 31.4. The van der Waals surface area contributed by atoms with E-state index in [0.29, 0.717) is 37.3 Å². The number of alkyl halides is 1. The number of benzene rings is 1. The molecule has 1 saturated carbocycles. The van der Waals surface area contributed by atoms with Crippen molar-refractivity contribution >= 4 is 40.8 Å². The van der Waals surface area contributed by atoms with Crippen LogP contribution < -0.4 is 21.7 Å². The second-order valence-corrected chi connectivity index (χ2v) is 9.61. The van der Waals surface area contributed by atoms with Gasteiger partial charge in [0.1, 0.15) is 23.8 Å². The van der Waals surface area contributed by atoms with Gasteiger partial charge in [0.15, 0.2) is 0 Å². The quantitative estimate of drug-likeness (QED) is 0.319. The van der Waals surface area contributed by atoms with E-state index in [4.69, 9.17) is 0 Å². The van der Waals surface area contributed by atoms with Crippen LogP contribution in [0.15, 0.2) is 24.3 Å². The molecule has 1 aromatic carbocycles. The van der Waals surface area contributed by atoms with Gasteiger partial charge < -0.3 is 31.5 Å². The average Bonchev–Trinajstić information content (AvgIpc) is 3.55. The molecule has 12 heteroatoms. The summed E-state index contributed by atoms with van der Waals surface area (Å²) >= 11 is 0. The Labute approximate surface area is 225 Å². The van der Waals surface area contributed by atoms with Crippen molar-refractivity contribution in [3.8, 4) is 0 Å². The number of H-pyrrole nitrogens is 1. The summed E-state index contributed by atoms with van der Waals surface area (Å²) in [6.45, 7) is 1.87. The maximum Gasteiger partial charge on any atom is 0.268 e. The molecule has 0 spiro atoms. The number of primary amides is 1. The Morgan fingerprint density at radius 1 is 1.13 bits per heavy atom. The topological polar surface area (TPSA) is 163 Å². The van der Waals surface area contributed by atoms with Gasteiger partial charge in [0, 0.05) is 30.3 Å². The molecule has 2 heterocycles. The standard InChI is InChI=1S/C24H29FN4O4.C2H5NO.CH3F/c25-18-7-4-8-19-17(18)12-20(28-19)23(32)29-21(14-5-2-1-3-6-14)24(33)27-16(13-30)11-15-9-10-26-22(15)31;1-2(3)4;1-2/h4,7-8,12-16,21,28H,1-3,5-6,9-11H2,(H,26,31)(H,27,33)(H,29,32);1H3,(H2,3,4);1H3/t15-,16-,21-;;/m0../s1. The van der Waals surface area contributed by atoms with Gasteiger partial charge >= 0.3 is 0 Å². The first-order chi connectivity index (χ1) is 18.7. The normalized spacial score (nSPS) is 18.4. The number of rotatable bonds is 8. The lowest BCUT2D eigenvalue weighted by Gasteiger charge is -2.31. The molecular formula is C27H37F2N5O5. The number of nitrogens with two attached hydrogens (primary N) is 1. The predicted molar refractivity (Wildman–Crippen MR) is 142 cm³/mol. The lowest BCUT2D eigenvalue weighted by atomic mass is 9.83. The number of aldehydes is 1. The Bertz CT molecular complexity index is 1140. The van der Waals surface area contributed by atoms with E-state index < -0.39 is 29.7 Å². The SMILES string of the molecule is CC(N)=O.CF.O=C[C@H](C[C@@H]1CCNC1=O)NC(=O)[C@@H](NC(=O)c1cc2c(F)cccc2[nH]1)C1CCCCC1. The Balaban J connectivity index is 0.000000815. The molecule has 0 radical (unpaired) electrons. The zero-order valence-electron chi connectivity index (χ0n) is 22.2. The van der Waals surface area contributed by atoms with Crippen molar-refractivity contribution in [3.63, 3.8) is 0 Å². The van der Waals surface area contributed by atoms with E-state index in [2.05, 4.69) is 26.7 Å². The van der Waals surface area contributed by atoms with Gasteiger partial charge in [-0.05, 0) is 49.8 Å². The molecule has 0 bridgehead atoms. The second kappa shape index (κ2) is 15.6. The predicted octanol–water partition coefficient (Wildman–Crippen LogP) is 2.27. The van der Waals surface area contributed by atoms with Gasteiger partial charge in [0.05, 0.1) is 13.2 Å². The Morgan fingerprint density at radius 2 is 1.79 bits per heavy atom. The smallest absolute Gasteiger partial charge is 0.268 e. The van der Waals surface area contributed by atoms with Crippen LogP contribution in [0, 0.1) is 17.7 Å². The summed E-state index contributed by atoms with van der Waals surface area (Å²) in [5.41, 5.74) is 5.13. The fraction of sp³-hybridized carbons (Fsp3) is 0.519. The molecule has 4 rings (SSSR count). The molecule has 10 nitrogen and oxygen atoms in total. The highest BCUT2D eigenvalue weighted by Gasteiger charge is 2.34. The second-order valence-electron chi connectivity index (χ2n) is 9.61. The van der Waals surface area contributed by atoms with E-state index in [-0.39, 0.29) is 35.8 Å². The van der Waals surface area contributed by atoms with Gasteiger partial charge in [0.2, 0.25) is 17.7 Å². The van der Waals surface area contributed by atoms with Gasteiger partial charge in [-0.15, -0.1) is 0 Å². The molecule has 2 fully saturated rings. The van der Waals surface area contributed by atoms with Crippen molar-refractivity contribution < 1.29 is 32.8 Å². The van der Waals surface area contributed by atoms with Crippen molar-refractivity contribution in [2.24, 2.45) is 17.6 Å². The number of fused-ring (bicyclic) bond motifs is 1. The Hall–Kier alpha value is -3.83. The number of nitrogens with one attached hydrogen (secondary N) is 4. The average molecular weight is 550 g/mol. The number of carbonyl (C=O) groups is 5. The van der Waals surface area contributed by atoms with Crippen LogP contribution >= 0.6 is 0 Å². The van der Waals surface area contributed by atoms with Gasteiger partial charge in [-0.25, -0.2) is 4.39 Å². The number of carbonyl (C=O) groups excluding carboxylic acids is 5. The summed E-state index contributed by atoms with van der Waals surface area (Å²) < 4.78 is 23.5. The molecule has 0 unspecified atom stereocenters. The maximum absolute atomic E-state index is 14.0. The van der Waals surface area contributed by atoms with Gasteiger partial charge in [-0.3, -0.25) is 23.6 Å². The number of amides is 4. The third-order valence-corrected chi connectivity index (χ3v) is 6.74. The molecule has 1 saturated heterocycles. The highest BCUT2D eigenvalue weighted by molar-refractivity contribution is 6.00. The molecule has 1 aliphatic heterocycles. The van der Waals surface area contributed by atoms with Crippen LogP contribution in [0.2, 0.25) is 0 Å². The van der Waals surface area contributed by atoms with Gasteiger partial charge in [-0.2, -0.15) is 0 Å². The fourth-order valence-electron chi connectivity index (χ4n) is 4.92. The van der Waals surface area contributed by atoms with E-state index in [9.17, 15) is 32.8 Å². The molecule has 1 aliphatic carbocycles. The van der Waals surface area contributed by atoms with Crippen molar-refractivity contribution in [3.05, 3.63) is 35.8 Å². The molecular weight excluding hydrogens is 512 g/mol. The summed E-state index contributed by atoms with van der Waals surface area (Å²) in [7, 11) is 0.500.